The number of amides is 3. The average molecular weight is 368 g/mol. The minimum atomic E-state index is -0.543. The van der Waals surface area contributed by atoms with Crippen molar-refractivity contribution < 1.29 is 14.1 Å². The van der Waals surface area contributed by atoms with Gasteiger partial charge in [-0.1, -0.05) is 25.9 Å². The monoisotopic (exact) mass is 368 g/mol. The fourth-order valence-electron chi connectivity index (χ4n) is 2.25. The van der Waals surface area contributed by atoms with Crippen LogP contribution in [0.4, 0.5) is 16.3 Å². The molecule has 2 aromatic heterocycles. The van der Waals surface area contributed by atoms with Crippen LogP contribution in [0.2, 0.25) is 0 Å². The number of carbonyl (C=O) groups is 2. The van der Waals surface area contributed by atoms with E-state index in [1.807, 2.05) is 20.8 Å². The predicted octanol–water partition coefficient (Wildman–Crippen LogP) is 2.90. The maximum Gasteiger partial charge on any atom is 0.324 e. The summed E-state index contributed by atoms with van der Waals surface area (Å²) in [7, 11) is 0. The molecule has 3 aromatic rings. The van der Waals surface area contributed by atoms with E-state index in [1.54, 1.807) is 30.3 Å². The van der Waals surface area contributed by atoms with Gasteiger partial charge >= 0.3 is 6.03 Å². The molecule has 2 heterocycles. The first kappa shape index (κ1) is 18.2. The zero-order valence-electron chi connectivity index (χ0n) is 15.2. The Balaban J connectivity index is 1.63. The Hall–Kier alpha value is -3.62. The maximum absolute atomic E-state index is 12.1. The van der Waals surface area contributed by atoms with Crippen LogP contribution in [0.3, 0.4) is 0 Å². The van der Waals surface area contributed by atoms with E-state index in [9.17, 15) is 9.59 Å². The summed E-state index contributed by atoms with van der Waals surface area (Å²) < 4.78 is 6.75. The summed E-state index contributed by atoms with van der Waals surface area (Å²) in [5, 5.41) is 13.2. The molecule has 0 saturated heterocycles. The molecule has 3 rings (SSSR count). The van der Waals surface area contributed by atoms with Crippen molar-refractivity contribution in [1.82, 2.24) is 14.9 Å². The summed E-state index contributed by atoms with van der Waals surface area (Å²) in [5.74, 6) is 0.472. The first-order valence-electron chi connectivity index (χ1n) is 8.22. The molecule has 27 heavy (non-hydrogen) atoms. The van der Waals surface area contributed by atoms with E-state index in [2.05, 4.69) is 20.9 Å². The van der Waals surface area contributed by atoms with Crippen molar-refractivity contribution in [3.63, 3.8) is 0 Å². The number of aromatic nitrogens is 3. The van der Waals surface area contributed by atoms with Crippen molar-refractivity contribution in [2.75, 3.05) is 10.6 Å². The Labute approximate surface area is 155 Å². The van der Waals surface area contributed by atoms with Crippen LogP contribution in [-0.2, 0) is 5.41 Å². The molecule has 0 bridgehead atoms. The van der Waals surface area contributed by atoms with Gasteiger partial charge in [0.1, 0.15) is 5.76 Å². The number of hydrogen-bond acceptors (Lipinski definition) is 5. The molecule has 0 unspecified atom stereocenters. The van der Waals surface area contributed by atoms with Crippen molar-refractivity contribution in [1.29, 1.82) is 0 Å². The lowest BCUT2D eigenvalue weighted by Crippen LogP contribution is -2.19. The zero-order chi connectivity index (χ0) is 19.6. The highest BCUT2D eigenvalue weighted by molar-refractivity contribution is 5.99. The van der Waals surface area contributed by atoms with Gasteiger partial charge in [-0.25, -0.2) is 9.48 Å². The van der Waals surface area contributed by atoms with Gasteiger partial charge in [0.2, 0.25) is 0 Å². The van der Waals surface area contributed by atoms with E-state index in [1.165, 1.54) is 17.1 Å². The number of anilines is 2. The molecule has 0 saturated carbocycles. The third kappa shape index (κ3) is 4.32. The van der Waals surface area contributed by atoms with Gasteiger partial charge < -0.3 is 15.6 Å². The van der Waals surface area contributed by atoms with E-state index in [0.717, 1.165) is 5.69 Å². The van der Waals surface area contributed by atoms with E-state index in [-0.39, 0.29) is 5.41 Å². The average Bonchev–Trinajstić information content (AvgIpc) is 3.24. The number of benzene rings is 1. The van der Waals surface area contributed by atoms with Gasteiger partial charge in [0.25, 0.3) is 5.91 Å². The Morgan fingerprint density at radius 1 is 1.15 bits per heavy atom. The largest absolute Gasteiger partial charge is 0.366 e. The lowest BCUT2D eigenvalue weighted by molar-refractivity contribution is 0.1000. The van der Waals surface area contributed by atoms with Gasteiger partial charge in [0.05, 0.1) is 17.4 Å². The number of nitrogens with one attached hydrogen (secondary N) is 2. The Kier molecular flexibility index (Phi) is 4.68. The minimum absolute atomic E-state index is 0.194. The SMILES string of the molecule is CC(C)(C)c1cc(NC(=O)Nc2ccc(-n3cc(C(N)=O)cn3)cc2)no1. The lowest BCUT2D eigenvalue weighted by atomic mass is 9.93. The van der Waals surface area contributed by atoms with Gasteiger partial charge in [-0.3, -0.25) is 10.1 Å². The molecule has 0 aliphatic heterocycles. The molecule has 4 N–H and O–H groups in total. The number of rotatable bonds is 4. The third-order valence-electron chi connectivity index (χ3n) is 3.75. The molecule has 0 atom stereocenters. The molecule has 1 aromatic carbocycles. The second-order valence-corrected chi connectivity index (χ2v) is 6.99. The number of hydrogen-bond donors (Lipinski definition) is 3. The van der Waals surface area contributed by atoms with Crippen LogP contribution >= 0.6 is 0 Å². The minimum Gasteiger partial charge on any atom is -0.366 e. The summed E-state index contributed by atoms with van der Waals surface area (Å²) in [4.78, 5) is 23.2. The van der Waals surface area contributed by atoms with Crippen molar-refractivity contribution in [3.05, 3.63) is 54.0 Å². The zero-order valence-corrected chi connectivity index (χ0v) is 15.2. The molecule has 3 amide bonds. The summed E-state index contributed by atoms with van der Waals surface area (Å²) >= 11 is 0. The van der Waals surface area contributed by atoms with Gasteiger partial charge in [0.15, 0.2) is 5.82 Å². The van der Waals surface area contributed by atoms with Crippen LogP contribution in [0.25, 0.3) is 5.69 Å². The molecule has 0 fully saturated rings. The van der Waals surface area contributed by atoms with Crippen molar-refractivity contribution >= 4 is 23.4 Å². The van der Waals surface area contributed by atoms with Gasteiger partial charge in [-0.15, -0.1) is 0 Å². The van der Waals surface area contributed by atoms with E-state index in [4.69, 9.17) is 10.3 Å². The van der Waals surface area contributed by atoms with E-state index >= 15 is 0 Å². The second kappa shape index (κ2) is 6.94. The van der Waals surface area contributed by atoms with Crippen LogP contribution in [0.5, 0.6) is 0 Å². The van der Waals surface area contributed by atoms with Crippen LogP contribution < -0.4 is 16.4 Å². The molecular formula is C18H20N6O3. The van der Waals surface area contributed by atoms with Crippen molar-refractivity contribution in [3.8, 4) is 5.69 Å². The third-order valence-corrected chi connectivity index (χ3v) is 3.75. The number of nitrogens with two attached hydrogens (primary N) is 1. The Morgan fingerprint density at radius 2 is 1.85 bits per heavy atom. The first-order valence-corrected chi connectivity index (χ1v) is 8.22. The fourth-order valence-corrected chi connectivity index (χ4v) is 2.25. The molecule has 0 aliphatic carbocycles. The fraction of sp³-hybridized carbons (Fsp3) is 0.222. The van der Waals surface area contributed by atoms with Crippen LogP contribution in [0, 0.1) is 0 Å². The number of carbonyl (C=O) groups excluding carboxylic acids is 2. The molecular weight excluding hydrogens is 348 g/mol. The van der Waals surface area contributed by atoms with Crippen LogP contribution in [0.15, 0.2) is 47.2 Å². The standard InChI is InChI=1S/C18H20N6O3/c1-18(2,3)14-8-15(23-27-14)22-17(26)21-12-4-6-13(7-5-12)24-10-11(9-20-24)16(19)25/h4-10H,1-3H3,(H2,19,25)(H2,21,22,23,26). The highest BCUT2D eigenvalue weighted by atomic mass is 16.5. The summed E-state index contributed by atoms with van der Waals surface area (Å²) in [6.45, 7) is 5.97. The van der Waals surface area contributed by atoms with Crippen molar-refractivity contribution in [2.24, 2.45) is 5.73 Å². The van der Waals surface area contributed by atoms with E-state index in [0.29, 0.717) is 22.8 Å². The quantitative estimate of drug-likeness (QED) is 0.652. The molecule has 140 valence electrons. The Morgan fingerprint density at radius 3 is 2.41 bits per heavy atom. The maximum atomic E-state index is 12.1. The van der Waals surface area contributed by atoms with Gasteiger partial charge in [-0.2, -0.15) is 5.10 Å². The highest BCUT2D eigenvalue weighted by Gasteiger charge is 2.20. The van der Waals surface area contributed by atoms with Crippen LogP contribution in [-0.4, -0.2) is 26.9 Å². The summed E-state index contributed by atoms with van der Waals surface area (Å²) in [6.07, 6.45) is 2.93. The smallest absolute Gasteiger partial charge is 0.324 e. The summed E-state index contributed by atoms with van der Waals surface area (Å²) in [6, 6.07) is 8.18. The van der Waals surface area contributed by atoms with E-state index < -0.39 is 11.9 Å². The molecule has 0 radical (unpaired) electrons. The summed E-state index contributed by atoms with van der Waals surface area (Å²) in [5.41, 5.74) is 6.64. The number of primary amides is 1. The van der Waals surface area contributed by atoms with Crippen molar-refractivity contribution in [2.45, 2.75) is 26.2 Å². The Bertz CT molecular complexity index is 966. The van der Waals surface area contributed by atoms with Crippen LogP contribution in [0.1, 0.15) is 36.9 Å². The predicted molar refractivity (Wildman–Crippen MR) is 99.9 cm³/mol. The normalized spacial score (nSPS) is 11.2. The number of nitrogens with zero attached hydrogens (tertiary/aromatic N) is 3. The van der Waals surface area contributed by atoms with Gasteiger partial charge in [0, 0.05) is 23.4 Å². The molecule has 9 heteroatoms. The molecule has 9 nitrogen and oxygen atoms in total. The van der Waals surface area contributed by atoms with Gasteiger partial charge in [-0.05, 0) is 24.3 Å². The topological polar surface area (TPSA) is 128 Å². The number of urea groups is 1. The first-order chi connectivity index (χ1) is 12.7. The lowest BCUT2D eigenvalue weighted by Gasteiger charge is -2.12. The molecule has 0 spiro atoms. The second-order valence-electron chi connectivity index (χ2n) is 6.99. The molecule has 0 aliphatic rings. The highest BCUT2D eigenvalue weighted by Crippen LogP contribution is 2.24.